The molecule has 0 bridgehead atoms. The molecule has 2 rings (SSSR count). The van der Waals surface area contributed by atoms with Gasteiger partial charge in [0.1, 0.15) is 0 Å². The van der Waals surface area contributed by atoms with E-state index in [9.17, 15) is 14.0 Å². The minimum absolute atomic E-state index is 0.0833. The van der Waals surface area contributed by atoms with Gasteiger partial charge in [0.15, 0.2) is 11.6 Å². The van der Waals surface area contributed by atoms with Crippen LogP contribution in [0.4, 0.5) is 4.39 Å². The number of esters is 1. The molecule has 108 valence electrons. The summed E-state index contributed by atoms with van der Waals surface area (Å²) in [6.45, 7) is 1.81. The SMILES string of the molecule is CCOC(=O)[C@@]1(Cc2ccc(O)c(F)c2)CC1C(=O)O. The number of benzene rings is 1. The van der Waals surface area contributed by atoms with E-state index in [1.165, 1.54) is 12.1 Å². The minimum atomic E-state index is -1.12. The number of carboxylic acids is 1. The van der Waals surface area contributed by atoms with Gasteiger partial charge >= 0.3 is 11.9 Å². The minimum Gasteiger partial charge on any atom is -0.505 e. The average Bonchev–Trinajstić information content (AvgIpc) is 3.10. The predicted octanol–water partition coefficient (Wildman–Crippen LogP) is 1.73. The van der Waals surface area contributed by atoms with Crippen LogP contribution >= 0.6 is 0 Å². The summed E-state index contributed by atoms with van der Waals surface area (Å²) in [5.74, 6) is -3.71. The highest BCUT2D eigenvalue weighted by molar-refractivity contribution is 5.90. The Morgan fingerprint density at radius 1 is 1.50 bits per heavy atom. The molecule has 1 fully saturated rings. The van der Waals surface area contributed by atoms with E-state index in [2.05, 4.69) is 0 Å². The Balaban J connectivity index is 2.23. The first-order valence-electron chi connectivity index (χ1n) is 6.28. The van der Waals surface area contributed by atoms with Gasteiger partial charge in [-0.3, -0.25) is 9.59 Å². The van der Waals surface area contributed by atoms with Crippen LogP contribution in [0.25, 0.3) is 0 Å². The van der Waals surface area contributed by atoms with Gasteiger partial charge in [-0.2, -0.15) is 0 Å². The molecule has 0 amide bonds. The third-order valence-corrected chi connectivity index (χ3v) is 3.59. The number of halogens is 1. The average molecular weight is 282 g/mol. The van der Waals surface area contributed by atoms with E-state index in [0.29, 0.717) is 5.56 Å². The Bertz CT molecular complexity index is 556. The monoisotopic (exact) mass is 282 g/mol. The molecule has 1 saturated carbocycles. The summed E-state index contributed by atoms with van der Waals surface area (Å²) in [7, 11) is 0. The molecule has 1 aliphatic rings. The van der Waals surface area contributed by atoms with Crippen LogP contribution < -0.4 is 0 Å². The highest BCUT2D eigenvalue weighted by atomic mass is 19.1. The molecule has 0 saturated heterocycles. The first kappa shape index (κ1) is 14.3. The number of aromatic hydroxyl groups is 1. The van der Waals surface area contributed by atoms with Gasteiger partial charge in [-0.15, -0.1) is 0 Å². The Hall–Kier alpha value is -2.11. The molecule has 1 aromatic carbocycles. The van der Waals surface area contributed by atoms with Gasteiger partial charge in [0.05, 0.1) is 17.9 Å². The van der Waals surface area contributed by atoms with E-state index in [-0.39, 0.29) is 19.4 Å². The summed E-state index contributed by atoms with van der Waals surface area (Å²) in [5.41, 5.74) is -0.664. The van der Waals surface area contributed by atoms with Gasteiger partial charge in [-0.05, 0) is 37.5 Å². The molecule has 0 spiro atoms. The van der Waals surface area contributed by atoms with Crippen molar-refractivity contribution in [2.75, 3.05) is 6.61 Å². The molecule has 0 heterocycles. The van der Waals surface area contributed by atoms with Crippen LogP contribution in [0, 0.1) is 17.2 Å². The van der Waals surface area contributed by atoms with Crippen molar-refractivity contribution >= 4 is 11.9 Å². The van der Waals surface area contributed by atoms with E-state index in [1.807, 2.05) is 0 Å². The highest BCUT2D eigenvalue weighted by Crippen LogP contribution is 2.56. The molecule has 0 aromatic heterocycles. The molecule has 5 nitrogen and oxygen atoms in total. The Kier molecular flexibility index (Phi) is 3.65. The molecule has 1 aliphatic carbocycles. The van der Waals surface area contributed by atoms with Gasteiger partial charge in [-0.1, -0.05) is 6.07 Å². The number of rotatable bonds is 5. The number of hydrogen-bond acceptors (Lipinski definition) is 4. The quantitative estimate of drug-likeness (QED) is 0.803. The van der Waals surface area contributed by atoms with E-state index in [4.69, 9.17) is 14.9 Å². The first-order valence-corrected chi connectivity index (χ1v) is 6.28. The van der Waals surface area contributed by atoms with Gasteiger partial charge in [-0.25, -0.2) is 4.39 Å². The van der Waals surface area contributed by atoms with Crippen molar-refractivity contribution in [3.63, 3.8) is 0 Å². The van der Waals surface area contributed by atoms with Crippen molar-refractivity contribution in [3.8, 4) is 5.75 Å². The molecule has 2 N–H and O–H groups in total. The maximum absolute atomic E-state index is 13.3. The van der Waals surface area contributed by atoms with Crippen LogP contribution in [-0.2, 0) is 20.7 Å². The Morgan fingerprint density at radius 3 is 2.70 bits per heavy atom. The van der Waals surface area contributed by atoms with E-state index >= 15 is 0 Å². The molecule has 2 atom stereocenters. The van der Waals surface area contributed by atoms with Crippen molar-refractivity contribution < 1.29 is 28.9 Å². The zero-order valence-corrected chi connectivity index (χ0v) is 10.9. The van der Waals surface area contributed by atoms with E-state index in [0.717, 1.165) is 6.07 Å². The highest BCUT2D eigenvalue weighted by Gasteiger charge is 2.64. The summed E-state index contributed by atoms with van der Waals surface area (Å²) in [6.07, 6.45) is 0.268. The molecule has 0 aliphatic heterocycles. The second kappa shape index (κ2) is 5.11. The summed E-state index contributed by atoms with van der Waals surface area (Å²) in [6, 6.07) is 3.76. The summed E-state index contributed by atoms with van der Waals surface area (Å²) in [4.78, 5) is 23.0. The van der Waals surface area contributed by atoms with Crippen LogP contribution in [0.15, 0.2) is 18.2 Å². The topological polar surface area (TPSA) is 83.8 Å². The maximum Gasteiger partial charge on any atom is 0.313 e. The molecule has 0 radical (unpaired) electrons. The van der Waals surface area contributed by atoms with Gasteiger partial charge < -0.3 is 14.9 Å². The summed E-state index contributed by atoms with van der Waals surface area (Å²) < 4.78 is 18.2. The van der Waals surface area contributed by atoms with Crippen molar-refractivity contribution in [1.29, 1.82) is 0 Å². The van der Waals surface area contributed by atoms with Crippen LogP contribution in [0.5, 0.6) is 5.75 Å². The lowest BCUT2D eigenvalue weighted by Crippen LogP contribution is -2.26. The smallest absolute Gasteiger partial charge is 0.313 e. The normalized spacial score (nSPS) is 24.2. The summed E-state index contributed by atoms with van der Waals surface area (Å²) >= 11 is 0. The fourth-order valence-electron chi connectivity index (χ4n) is 2.42. The third kappa shape index (κ3) is 2.45. The maximum atomic E-state index is 13.3. The number of phenols is 1. The second-order valence-corrected chi connectivity index (χ2v) is 4.93. The molecule has 1 aromatic rings. The van der Waals surface area contributed by atoms with Crippen molar-refractivity contribution in [3.05, 3.63) is 29.6 Å². The Morgan fingerprint density at radius 2 is 2.20 bits per heavy atom. The van der Waals surface area contributed by atoms with E-state index in [1.54, 1.807) is 6.92 Å². The van der Waals surface area contributed by atoms with Crippen LogP contribution in [0.2, 0.25) is 0 Å². The van der Waals surface area contributed by atoms with Crippen LogP contribution in [0.1, 0.15) is 18.9 Å². The fraction of sp³-hybridized carbons (Fsp3) is 0.429. The van der Waals surface area contributed by atoms with Crippen molar-refractivity contribution in [2.45, 2.75) is 19.8 Å². The third-order valence-electron chi connectivity index (χ3n) is 3.59. The van der Waals surface area contributed by atoms with E-state index < -0.39 is 34.8 Å². The number of hydrogen-bond donors (Lipinski definition) is 2. The molecular formula is C14H15FO5. The standard InChI is InChI=1S/C14H15FO5/c1-2-20-13(19)14(7-9(14)12(17)18)6-8-3-4-11(16)10(15)5-8/h3-5,9,16H,2,6-7H2,1H3,(H,17,18)/t9?,14-/m0/s1. The first-order chi connectivity index (χ1) is 9.40. The zero-order valence-electron chi connectivity index (χ0n) is 10.9. The van der Waals surface area contributed by atoms with Crippen molar-refractivity contribution in [1.82, 2.24) is 0 Å². The zero-order chi connectivity index (χ0) is 14.9. The Labute approximate surface area is 115 Å². The van der Waals surface area contributed by atoms with Gasteiger partial charge in [0.2, 0.25) is 0 Å². The largest absolute Gasteiger partial charge is 0.505 e. The van der Waals surface area contributed by atoms with Crippen LogP contribution in [-0.4, -0.2) is 28.8 Å². The van der Waals surface area contributed by atoms with Crippen LogP contribution in [0.3, 0.4) is 0 Å². The van der Waals surface area contributed by atoms with Gasteiger partial charge in [0.25, 0.3) is 0 Å². The molecule has 20 heavy (non-hydrogen) atoms. The lowest BCUT2D eigenvalue weighted by Gasteiger charge is -2.15. The number of carboxylic acid groups (broad SMARTS) is 1. The molecular weight excluding hydrogens is 267 g/mol. The lowest BCUT2D eigenvalue weighted by atomic mass is 9.93. The van der Waals surface area contributed by atoms with Crippen molar-refractivity contribution in [2.24, 2.45) is 11.3 Å². The number of carbonyl (C=O) groups excluding carboxylic acids is 1. The van der Waals surface area contributed by atoms with Gasteiger partial charge in [0, 0.05) is 0 Å². The molecule has 6 heteroatoms. The second-order valence-electron chi connectivity index (χ2n) is 4.93. The number of carbonyl (C=O) groups is 2. The fourth-order valence-corrected chi connectivity index (χ4v) is 2.42. The lowest BCUT2D eigenvalue weighted by molar-refractivity contribution is -0.153. The summed E-state index contributed by atoms with van der Waals surface area (Å²) in [5, 5.41) is 18.2. The number of phenolic OH excluding ortho intramolecular Hbond substituents is 1. The number of ether oxygens (including phenoxy) is 1. The molecule has 1 unspecified atom stereocenters. The number of aliphatic carboxylic acids is 1. The predicted molar refractivity (Wildman–Crippen MR) is 66.6 cm³/mol.